The van der Waals surface area contributed by atoms with Gasteiger partial charge in [-0.2, -0.15) is 5.10 Å². The van der Waals surface area contributed by atoms with Crippen molar-refractivity contribution in [3.05, 3.63) is 75.8 Å². The highest BCUT2D eigenvalue weighted by Gasteiger charge is 2.31. The predicted molar refractivity (Wildman–Crippen MR) is 111 cm³/mol. The predicted octanol–water partition coefficient (Wildman–Crippen LogP) is 3.91. The molecule has 0 aliphatic heterocycles. The van der Waals surface area contributed by atoms with Crippen LogP contribution in [0.25, 0.3) is 0 Å². The zero-order valence-electron chi connectivity index (χ0n) is 21.2. The van der Waals surface area contributed by atoms with Crippen LogP contribution in [0.1, 0.15) is 46.6 Å². The van der Waals surface area contributed by atoms with Gasteiger partial charge < -0.3 is 15.4 Å². The number of amides is 2. The molecule has 2 amide bonds. The van der Waals surface area contributed by atoms with Gasteiger partial charge in [0.05, 0.1) is 13.8 Å². The minimum Gasteiger partial charge on any atom is -0.441 e. The second kappa shape index (κ2) is 8.91. The van der Waals surface area contributed by atoms with Gasteiger partial charge in [-0.1, -0.05) is 11.6 Å². The number of nitrogens with one attached hydrogen (secondary N) is 2. The molecule has 1 aliphatic rings. The topological polar surface area (TPSA) is 98.1 Å². The van der Waals surface area contributed by atoms with Gasteiger partial charge in [-0.25, -0.2) is 18.6 Å². The van der Waals surface area contributed by atoms with Crippen LogP contribution in [0, 0.1) is 11.6 Å². The van der Waals surface area contributed by atoms with Gasteiger partial charge in [-0.15, -0.1) is 0 Å². The normalized spacial score (nSPS) is 17.8. The van der Waals surface area contributed by atoms with Crippen LogP contribution in [0.2, 0.25) is 5.02 Å². The maximum Gasteiger partial charge on any atom is 0.408 e. The average Bonchev–Trinajstić information content (AvgIpc) is 3.45. The molecular formula is C21H18ClF2N5O3. The first-order chi connectivity index (χ1) is 17.3. The number of nitrogens with zero attached hydrogens (tertiary/aromatic N) is 3. The summed E-state index contributed by atoms with van der Waals surface area (Å²) in [6.07, 6.45) is -0.106. The number of hydrogen-bond donors (Lipinski definition) is 2. The van der Waals surface area contributed by atoms with E-state index in [4.69, 9.17) is 23.2 Å². The molecule has 0 radical (unpaired) electrons. The maximum absolute atomic E-state index is 14.7. The number of aryl methyl sites for hydroxylation is 1. The number of benzene rings is 2. The molecule has 1 heterocycles. The lowest BCUT2D eigenvalue weighted by Crippen LogP contribution is -2.28. The second-order valence-corrected chi connectivity index (χ2v) is 7.22. The molecule has 2 aromatic carbocycles. The molecule has 11 heteroatoms. The van der Waals surface area contributed by atoms with Gasteiger partial charge in [0, 0.05) is 27.9 Å². The maximum atomic E-state index is 14.7. The molecule has 8 nitrogen and oxygen atoms in total. The lowest BCUT2D eigenvalue weighted by Gasteiger charge is -2.16. The van der Waals surface area contributed by atoms with Gasteiger partial charge in [0.25, 0.3) is 5.91 Å². The summed E-state index contributed by atoms with van der Waals surface area (Å²) >= 11 is 5.74. The van der Waals surface area contributed by atoms with Gasteiger partial charge in [0.15, 0.2) is 12.4 Å². The largest absolute Gasteiger partial charge is 0.441 e. The summed E-state index contributed by atoms with van der Waals surface area (Å²) in [4.78, 5) is 28.8. The molecule has 0 fully saturated rings. The molecule has 32 heavy (non-hydrogen) atoms. The zero-order chi connectivity index (χ0) is 27.1. The van der Waals surface area contributed by atoms with Crippen molar-refractivity contribution < 1.29 is 30.0 Å². The van der Waals surface area contributed by atoms with Gasteiger partial charge in [-0.3, -0.25) is 9.48 Å². The number of anilines is 1. The van der Waals surface area contributed by atoms with Crippen molar-refractivity contribution in [2.24, 2.45) is 6.98 Å². The highest BCUT2D eigenvalue weighted by Crippen LogP contribution is 2.36. The summed E-state index contributed by atoms with van der Waals surface area (Å²) < 4.78 is 70.9. The van der Waals surface area contributed by atoms with Crippen LogP contribution in [0.4, 0.5) is 19.3 Å². The van der Waals surface area contributed by atoms with Crippen molar-refractivity contribution in [3.63, 3.8) is 0 Å². The standard InChI is InChI=1S/C21H18ClF2N5O3/c1-29-10-25-18(28-29)9-32-21(31)27-17-7-4-12-13(3-6-16(24)19(12)17)20(30)26-11-2-5-15(23)14(22)8-11/h2-3,5-6,8,10,17H,4,7,9H2,1H3,(H,26,30)(H,27,31)/t17-/m0/s1/i1D3,9D2. The summed E-state index contributed by atoms with van der Waals surface area (Å²) in [6, 6.07) is 5.01. The van der Waals surface area contributed by atoms with E-state index in [9.17, 15) is 18.4 Å². The number of halogens is 3. The second-order valence-electron chi connectivity index (χ2n) is 6.81. The number of ether oxygens (including phenoxy) is 1. The molecule has 0 spiro atoms. The Balaban J connectivity index is 1.49. The summed E-state index contributed by atoms with van der Waals surface area (Å²) in [5, 5.41) is 8.23. The molecule has 0 unspecified atom stereocenters. The number of rotatable bonds is 5. The van der Waals surface area contributed by atoms with Gasteiger partial charge in [0.1, 0.15) is 18.0 Å². The quantitative estimate of drug-likeness (QED) is 0.594. The van der Waals surface area contributed by atoms with Crippen molar-refractivity contribution in [3.8, 4) is 0 Å². The Morgan fingerprint density at radius 3 is 2.91 bits per heavy atom. The number of hydrogen-bond acceptors (Lipinski definition) is 5. The van der Waals surface area contributed by atoms with Crippen LogP contribution in [0.3, 0.4) is 0 Å². The molecule has 0 saturated heterocycles. The van der Waals surface area contributed by atoms with E-state index in [-0.39, 0.29) is 34.7 Å². The first-order valence-electron chi connectivity index (χ1n) is 11.8. The first kappa shape index (κ1) is 16.2. The van der Waals surface area contributed by atoms with Crippen molar-refractivity contribution in [1.82, 2.24) is 20.1 Å². The Bertz CT molecular complexity index is 1390. The third kappa shape index (κ3) is 4.54. The fourth-order valence-electron chi connectivity index (χ4n) is 3.42. The molecule has 2 N–H and O–H groups in total. The molecule has 0 bridgehead atoms. The molecular weight excluding hydrogens is 444 g/mol. The minimum absolute atomic E-state index is 0.0344. The monoisotopic (exact) mass is 466 g/mol. The van der Waals surface area contributed by atoms with Gasteiger partial charge in [0.2, 0.25) is 0 Å². The number of fused-ring (bicyclic) bond motifs is 1. The van der Waals surface area contributed by atoms with Crippen LogP contribution in [-0.2, 0) is 24.7 Å². The SMILES string of the molecule is [2H]C([2H])(OC(=O)N[C@H]1CCc2c(C(=O)Nc3ccc(F)c(Cl)c3)ccc(F)c21)c1ncn(C([2H])([2H])[2H])n1. The minimum atomic E-state index is -2.89. The number of carbonyl (C=O) groups excluding carboxylic acids is 2. The average molecular weight is 467 g/mol. The third-order valence-electron chi connectivity index (χ3n) is 4.78. The summed E-state index contributed by atoms with van der Waals surface area (Å²) in [7, 11) is 0. The van der Waals surface area contributed by atoms with Crippen LogP contribution in [-0.4, -0.2) is 26.8 Å². The first-order valence-corrected chi connectivity index (χ1v) is 9.64. The molecule has 4 rings (SSSR count). The Morgan fingerprint density at radius 1 is 1.34 bits per heavy atom. The molecule has 0 saturated carbocycles. The van der Waals surface area contributed by atoms with Crippen molar-refractivity contribution in [2.45, 2.75) is 25.4 Å². The van der Waals surface area contributed by atoms with Gasteiger partial charge >= 0.3 is 6.09 Å². The molecule has 166 valence electrons. The fraction of sp³-hybridized carbons (Fsp3) is 0.238. The van der Waals surface area contributed by atoms with Crippen molar-refractivity contribution in [1.29, 1.82) is 0 Å². The van der Waals surface area contributed by atoms with E-state index in [2.05, 4.69) is 20.7 Å². The molecule has 1 aromatic heterocycles. The zero-order valence-corrected chi connectivity index (χ0v) is 16.9. The van der Waals surface area contributed by atoms with Crippen LogP contribution in [0.15, 0.2) is 36.7 Å². The Hall–Kier alpha value is -3.53. The van der Waals surface area contributed by atoms with Crippen molar-refractivity contribution in [2.75, 3.05) is 5.32 Å². The van der Waals surface area contributed by atoms with E-state index >= 15 is 0 Å². The number of aromatic nitrogens is 3. The number of carbonyl (C=O) groups is 2. The third-order valence-corrected chi connectivity index (χ3v) is 5.07. The lowest BCUT2D eigenvalue weighted by molar-refractivity contribution is 0.102. The van der Waals surface area contributed by atoms with Crippen LogP contribution < -0.4 is 10.6 Å². The molecule has 3 aromatic rings. The summed E-state index contributed by atoms with van der Waals surface area (Å²) in [5.74, 6) is -2.65. The van der Waals surface area contributed by atoms with E-state index in [0.717, 1.165) is 18.5 Å². The highest BCUT2D eigenvalue weighted by atomic mass is 35.5. The highest BCUT2D eigenvalue weighted by molar-refractivity contribution is 6.31. The summed E-state index contributed by atoms with van der Waals surface area (Å²) in [6.45, 7) is -5.60. The van der Waals surface area contributed by atoms with E-state index in [0.29, 0.717) is 10.2 Å². The number of alkyl carbamates (subject to hydrolysis) is 1. The van der Waals surface area contributed by atoms with E-state index in [1.54, 1.807) is 0 Å². The summed E-state index contributed by atoms with van der Waals surface area (Å²) in [5.41, 5.74) is 0.718. The Morgan fingerprint density at radius 2 is 2.16 bits per heavy atom. The van der Waals surface area contributed by atoms with Crippen LogP contribution in [0.5, 0.6) is 0 Å². The molecule has 1 atom stereocenters. The van der Waals surface area contributed by atoms with Crippen LogP contribution >= 0.6 is 11.6 Å². The molecule has 1 aliphatic carbocycles. The fourth-order valence-corrected chi connectivity index (χ4v) is 3.60. The Labute approximate surface area is 193 Å². The lowest BCUT2D eigenvalue weighted by atomic mass is 10.0. The van der Waals surface area contributed by atoms with Gasteiger partial charge in [-0.05, 0) is 48.7 Å². The van der Waals surface area contributed by atoms with E-state index in [1.807, 2.05) is 0 Å². The smallest absolute Gasteiger partial charge is 0.408 e. The van der Waals surface area contributed by atoms with E-state index < -0.39 is 49.0 Å². The van der Waals surface area contributed by atoms with Crippen molar-refractivity contribution >= 4 is 29.3 Å². The Kier molecular flexibility index (Phi) is 4.50. The van der Waals surface area contributed by atoms with E-state index in [1.165, 1.54) is 18.2 Å².